The van der Waals surface area contributed by atoms with Gasteiger partial charge in [0.15, 0.2) is 0 Å². The standard InChI is InChI=1S/C42H27NO/c1-2-8-28(9-3-1)29-16-20-34(21-17-29)43(36-22-18-31-15-14-30-10-4-5-11-37(30)39(31)27-36)35-23-19-32-25-40-38-12-6-7-13-41(38)44-42(40)26-33(32)24-35/h1-27H. The summed E-state index contributed by atoms with van der Waals surface area (Å²) in [6.07, 6.45) is 0. The van der Waals surface area contributed by atoms with Gasteiger partial charge in [-0.05, 0) is 98.0 Å². The van der Waals surface area contributed by atoms with E-state index in [1.54, 1.807) is 0 Å². The van der Waals surface area contributed by atoms with E-state index < -0.39 is 0 Å². The van der Waals surface area contributed by atoms with Gasteiger partial charge in [0.2, 0.25) is 0 Å². The molecular formula is C42H27NO. The van der Waals surface area contributed by atoms with Crippen molar-refractivity contribution < 1.29 is 4.42 Å². The third kappa shape index (κ3) is 4.04. The fourth-order valence-electron chi connectivity index (χ4n) is 6.60. The summed E-state index contributed by atoms with van der Waals surface area (Å²) < 4.78 is 6.26. The molecule has 9 rings (SSSR count). The summed E-state index contributed by atoms with van der Waals surface area (Å²) in [5.74, 6) is 0. The van der Waals surface area contributed by atoms with Gasteiger partial charge in [0.25, 0.3) is 0 Å². The Kier molecular flexibility index (Phi) is 5.54. The van der Waals surface area contributed by atoms with Crippen LogP contribution in [0.25, 0.3) is 65.4 Å². The summed E-state index contributed by atoms with van der Waals surface area (Å²) in [7, 11) is 0. The van der Waals surface area contributed by atoms with Crippen LogP contribution in [0.1, 0.15) is 0 Å². The highest BCUT2D eigenvalue weighted by Gasteiger charge is 2.16. The Hall–Kier alpha value is -5.86. The molecule has 0 aliphatic rings. The molecule has 0 saturated heterocycles. The van der Waals surface area contributed by atoms with Crippen LogP contribution >= 0.6 is 0 Å². The Morgan fingerprint density at radius 1 is 0.318 bits per heavy atom. The zero-order valence-corrected chi connectivity index (χ0v) is 23.9. The molecule has 1 heterocycles. The molecule has 9 aromatic rings. The van der Waals surface area contributed by atoms with E-state index in [1.807, 2.05) is 12.1 Å². The first-order valence-corrected chi connectivity index (χ1v) is 15.0. The van der Waals surface area contributed by atoms with Crippen LogP contribution in [0.2, 0.25) is 0 Å². The van der Waals surface area contributed by atoms with Crippen molar-refractivity contribution >= 4 is 71.3 Å². The average Bonchev–Trinajstić information content (AvgIpc) is 3.45. The van der Waals surface area contributed by atoms with Gasteiger partial charge in [-0.3, -0.25) is 0 Å². The van der Waals surface area contributed by atoms with Crippen molar-refractivity contribution in [2.45, 2.75) is 0 Å². The van der Waals surface area contributed by atoms with Gasteiger partial charge >= 0.3 is 0 Å². The zero-order chi connectivity index (χ0) is 29.0. The SMILES string of the molecule is c1ccc(-c2ccc(N(c3ccc4cc5c(cc4c3)oc3ccccc35)c3ccc4ccc5ccccc5c4c3)cc2)cc1. The van der Waals surface area contributed by atoms with Crippen LogP contribution in [0.4, 0.5) is 17.1 Å². The van der Waals surface area contributed by atoms with Crippen LogP contribution in [0.3, 0.4) is 0 Å². The minimum absolute atomic E-state index is 0.909. The predicted molar refractivity (Wildman–Crippen MR) is 186 cm³/mol. The van der Waals surface area contributed by atoms with Crippen molar-refractivity contribution in [3.8, 4) is 11.1 Å². The van der Waals surface area contributed by atoms with Gasteiger partial charge in [-0.2, -0.15) is 0 Å². The van der Waals surface area contributed by atoms with Crippen molar-refractivity contribution in [3.05, 3.63) is 164 Å². The molecule has 206 valence electrons. The minimum atomic E-state index is 0.909. The van der Waals surface area contributed by atoms with Gasteiger partial charge in [0.1, 0.15) is 11.2 Å². The van der Waals surface area contributed by atoms with E-state index in [0.29, 0.717) is 0 Å². The molecular weight excluding hydrogens is 534 g/mol. The summed E-state index contributed by atoms with van der Waals surface area (Å²) in [5.41, 5.74) is 7.56. The number of furan rings is 1. The summed E-state index contributed by atoms with van der Waals surface area (Å²) >= 11 is 0. The number of nitrogens with zero attached hydrogens (tertiary/aromatic N) is 1. The lowest BCUT2D eigenvalue weighted by Gasteiger charge is -2.26. The maximum atomic E-state index is 6.26. The Morgan fingerprint density at radius 3 is 1.77 bits per heavy atom. The quantitative estimate of drug-likeness (QED) is 0.199. The van der Waals surface area contributed by atoms with Gasteiger partial charge < -0.3 is 9.32 Å². The van der Waals surface area contributed by atoms with Crippen LogP contribution in [0, 0.1) is 0 Å². The fraction of sp³-hybridized carbons (Fsp3) is 0. The van der Waals surface area contributed by atoms with E-state index in [4.69, 9.17) is 4.42 Å². The second-order valence-corrected chi connectivity index (χ2v) is 11.4. The van der Waals surface area contributed by atoms with Gasteiger partial charge in [0, 0.05) is 27.8 Å². The van der Waals surface area contributed by atoms with E-state index >= 15 is 0 Å². The van der Waals surface area contributed by atoms with Crippen molar-refractivity contribution in [2.75, 3.05) is 4.90 Å². The number of fused-ring (bicyclic) bond motifs is 7. The number of rotatable bonds is 4. The average molecular weight is 562 g/mol. The topological polar surface area (TPSA) is 16.4 Å². The number of anilines is 3. The molecule has 0 aliphatic heterocycles. The van der Waals surface area contributed by atoms with E-state index in [1.165, 1.54) is 38.1 Å². The zero-order valence-electron chi connectivity index (χ0n) is 23.9. The predicted octanol–water partition coefficient (Wildman–Crippen LogP) is 12.2. The Labute approximate surface area is 255 Å². The molecule has 2 heteroatoms. The molecule has 8 aromatic carbocycles. The molecule has 0 spiro atoms. The highest BCUT2D eigenvalue weighted by Crippen LogP contribution is 2.40. The molecule has 0 fully saturated rings. The fourth-order valence-corrected chi connectivity index (χ4v) is 6.60. The van der Waals surface area contributed by atoms with Gasteiger partial charge in [-0.1, -0.05) is 109 Å². The van der Waals surface area contributed by atoms with E-state index in [0.717, 1.165) is 44.4 Å². The largest absolute Gasteiger partial charge is 0.456 e. The second kappa shape index (κ2) is 9.86. The summed E-state index contributed by atoms with van der Waals surface area (Å²) in [6.45, 7) is 0. The van der Waals surface area contributed by atoms with E-state index in [2.05, 4.69) is 157 Å². The Morgan fingerprint density at radius 2 is 0.932 bits per heavy atom. The molecule has 0 radical (unpaired) electrons. The summed E-state index contributed by atoms with van der Waals surface area (Å²) in [5, 5.41) is 9.62. The first kappa shape index (κ1) is 24.7. The van der Waals surface area contributed by atoms with Crippen LogP contribution < -0.4 is 4.90 Å². The molecule has 0 atom stereocenters. The summed E-state index contributed by atoms with van der Waals surface area (Å²) in [4.78, 5) is 2.36. The van der Waals surface area contributed by atoms with Crippen LogP contribution in [-0.4, -0.2) is 0 Å². The highest BCUT2D eigenvalue weighted by atomic mass is 16.3. The third-order valence-corrected chi connectivity index (χ3v) is 8.80. The first-order chi connectivity index (χ1) is 21.8. The van der Waals surface area contributed by atoms with Crippen LogP contribution in [0.15, 0.2) is 168 Å². The lowest BCUT2D eigenvalue weighted by molar-refractivity contribution is 0.669. The van der Waals surface area contributed by atoms with Gasteiger partial charge in [-0.15, -0.1) is 0 Å². The normalized spacial score (nSPS) is 11.6. The maximum Gasteiger partial charge on any atom is 0.136 e. The monoisotopic (exact) mass is 561 g/mol. The number of hydrogen-bond donors (Lipinski definition) is 0. The molecule has 0 bridgehead atoms. The van der Waals surface area contributed by atoms with Crippen molar-refractivity contribution in [2.24, 2.45) is 0 Å². The smallest absolute Gasteiger partial charge is 0.136 e. The van der Waals surface area contributed by atoms with Gasteiger partial charge in [-0.25, -0.2) is 0 Å². The molecule has 0 aliphatic carbocycles. The van der Waals surface area contributed by atoms with E-state index in [-0.39, 0.29) is 0 Å². The minimum Gasteiger partial charge on any atom is -0.456 e. The molecule has 2 nitrogen and oxygen atoms in total. The molecule has 0 saturated carbocycles. The van der Waals surface area contributed by atoms with Crippen molar-refractivity contribution in [3.63, 3.8) is 0 Å². The molecule has 0 unspecified atom stereocenters. The van der Waals surface area contributed by atoms with E-state index in [9.17, 15) is 0 Å². The molecule has 1 aromatic heterocycles. The van der Waals surface area contributed by atoms with Crippen molar-refractivity contribution in [1.29, 1.82) is 0 Å². The summed E-state index contributed by atoms with van der Waals surface area (Å²) in [6, 6.07) is 58.7. The maximum absolute atomic E-state index is 6.26. The van der Waals surface area contributed by atoms with Crippen LogP contribution in [-0.2, 0) is 0 Å². The Balaban J connectivity index is 1.24. The molecule has 44 heavy (non-hydrogen) atoms. The Bertz CT molecular complexity index is 2490. The van der Waals surface area contributed by atoms with Gasteiger partial charge in [0.05, 0.1) is 0 Å². The van der Waals surface area contributed by atoms with Crippen molar-refractivity contribution in [1.82, 2.24) is 0 Å². The number of benzene rings is 8. The third-order valence-electron chi connectivity index (χ3n) is 8.80. The highest BCUT2D eigenvalue weighted by molar-refractivity contribution is 6.11. The lowest BCUT2D eigenvalue weighted by Crippen LogP contribution is -2.10. The molecule has 0 N–H and O–H groups in total. The lowest BCUT2D eigenvalue weighted by atomic mass is 10.0. The first-order valence-electron chi connectivity index (χ1n) is 15.0. The van der Waals surface area contributed by atoms with Crippen LogP contribution in [0.5, 0.6) is 0 Å². The number of para-hydroxylation sites is 1. The second-order valence-electron chi connectivity index (χ2n) is 11.4. The number of hydrogen-bond acceptors (Lipinski definition) is 2. The molecule has 0 amide bonds.